The van der Waals surface area contributed by atoms with Crippen molar-refractivity contribution in [1.82, 2.24) is 35.6 Å². The van der Waals surface area contributed by atoms with Crippen LogP contribution in [0, 0.1) is 11.8 Å². The van der Waals surface area contributed by atoms with Gasteiger partial charge in [-0.05, 0) is 5.92 Å². The summed E-state index contributed by atoms with van der Waals surface area (Å²) >= 11 is 0. The second kappa shape index (κ2) is 10.3. The van der Waals surface area contributed by atoms with Gasteiger partial charge in [0.15, 0.2) is 28.6 Å². The number of rotatable bonds is 1. The second-order valence-corrected chi connectivity index (χ2v) is 9.75. The molecule has 0 saturated heterocycles. The summed E-state index contributed by atoms with van der Waals surface area (Å²) in [6.45, 7) is 5.13. The number of hydrogen-bond acceptors (Lipinski definition) is 13. The van der Waals surface area contributed by atoms with Crippen LogP contribution < -0.4 is 10.6 Å². The van der Waals surface area contributed by atoms with E-state index < -0.39 is 29.6 Å². The molecule has 5 aromatic rings. The zero-order chi connectivity index (χ0) is 28.7. The van der Waals surface area contributed by atoms with Crippen LogP contribution in [-0.4, -0.2) is 48.6 Å². The highest BCUT2D eigenvalue weighted by atomic mass is 16.4. The van der Waals surface area contributed by atoms with Gasteiger partial charge in [0, 0.05) is 12.3 Å². The lowest BCUT2D eigenvalue weighted by atomic mass is 9.99. The van der Waals surface area contributed by atoms with Crippen LogP contribution >= 0.6 is 0 Å². The SMILES string of the molecule is CC1CC(=O)c2coc(n2)-c2coc(n2)-c2coc(n2)-c2coc(n2)-c2coc(n2)CNC(=O)C(C(C)C)NC1=O. The van der Waals surface area contributed by atoms with Crippen molar-refractivity contribution in [3.05, 3.63) is 42.9 Å². The third-order valence-corrected chi connectivity index (χ3v) is 6.33. The van der Waals surface area contributed by atoms with E-state index in [1.165, 1.54) is 31.3 Å². The molecule has 2 atom stereocenters. The van der Waals surface area contributed by atoms with Gasteiger partial charge in [-0.15, -0.1) is 0 Å². The lowest BCUT2D eigenvalue weighted by Crippen LogP contribution is -2.51. The van der Waals surface area contributed by atoms with Crippen molar-refractivity contribution < 1.29 is 36.5 Å². The summed E-state index contributed by atoms with van der Waals surface area (Å²) in [5.41, 5.74) is 1.09. The molecule has 5 aromatic heterocycles. The summed E-state index contributed by atoms with van der Waals surface area (Å²) < 4.78 is 27.4. The predicted octanol–water partition coefficient (Wildman–Crippen LogP) is 3.27. The van der Waals surface area contributed by atoms with Crippen LogP contribution in [0.2, 0.25) is 0 Å². The molecule has 2 amide bonds. The fourth-order valence-electron chi connectivity index (χ4n) is 4.06. The minimum absolute atomic E-state index is 0.0210. The molecule has 10 bridgehead atoms. The third kappa shape index (κ3) is 5.16. The lowest BCUT2D eigenvalue weighted by Gasteiger charge is -2.23. The number of Topliss-reactive ketones (excluding diaryl/α,β-unsaturated/α-hetero) is 1. The highest BCUT2D eigenvalue weighted by molar-refractivity contribution is 5.97. The van der Waals surface area contributed by atoms with E-state index in [0.717, 1.165) is 0 Å². The smallest absolute Gasteiger partial charge is 0.249 e. The van der Waals surface area contributed by atoms with E-state index in [9.17, 15) is 14.4 Å². The van der Waals surface area contributed by atoms with E-state index in [1.807, 2.05) is 0 Å². The molecule has 0 aliphatic carbocycles. The molecule has 0 radical (unpaired) electrons. The number of hydrogen-bond donors (Lipinski definition) is 2. The molecule has 0 fully saturated rings. The predicted molar refractivity (Wildman–Crippen MR) is 135 cm³/mol. The number of ketones is 1. The average Bonchev–Trinajstić information content (AvgIpc) is 3.78. The number of oxazole rings is 5. The number of amides is 2. The maximum atomic E-state index is 12.9. The Hall–Kier alpha value is -5.34. The van der Waals surface area contributed by atoms with E-state index >= 15 is 0 Å². The zero-order valence-corrected chi connectivity index (χ0v) is 22.0. The molecule has 6 rings (SSSR count). The monoisotopic (exact) mass is 561 g/mol. The van der Waals surface area contributed by atoms with Gasteiger partial charge in [-0.3, -0.25) is 14.4 Å². The minimum Gasteiger partial charge on any atom is -0.446 e. The van der Waals surface area contributed by atoms with Crippen molar-refractivity contribution in [2.75, 3.05) is 0 Å². The molecule has 1 aliphatic heterocycles. The van der Waals surface area contributed by atoms with E-state index in [-0.39, 0.29) is 76.8 Å². The summed E-state index contributed by atoms with van der Waals surface area (Å²) in [4.78, 5) is 60.2. The number of carbonyl (C=O) groups is 3. The van der Waals surface area contributed by atoms with Crippen LogP contribution in [0.25, 0.3) is 46.3 Å². The normalized spacial score (nSPS) is 18.2. The van der Waals surface area contributed by atoms with Crippen LogP contribution in [-0.2, 0) is 16.1 Å². The minimum atomic E-state index is -0.861. The fraction of sp³-hybridized carbons (Fsp3) is 0.308. The molecule has 0 spiro atoms. The Labute approximate surface area is 230 Å². The van der Waals surface area contributed by atoms with Crippen molar-refractivity contribution in [3.8, 4) is 46.3 Å². The van der Waals surface area contributed by atoms with E-state index in [0.29, 0.717) is 0 Å². The number of fused-ring (bicyclic) bond motifs is 14. The largest absolute Gasteiger partial charge is 0.446 e. The fourth-order valence-corrected chi connectivity index (χ4v) is 4.06. The Morgan fingerprint density at radius 2 is 1.15 bits per heavy atom. The summed E-state index contributed by atoms with van der Waals surface area (Å²) in [6.07, 6.45) is 6.34. The molecule has 2 N–H and O–H groups in total. The van der Waals surface area contributed by atoms with Gasteiger partial charge in [0.25, 0.3) is 0 Å². The van der Waals surface area contributed by atoms with E-state index in [2.05, 4.69) is 35.6 Å². The van der Waals surface area contributed by atoms with Crippen LogP contribution in [0.4, 0.5) is 0 Å². The van der Waals surface area contributed by atoms with Gasteiger partial charge < -0.3 is 32.7 Å². The van der Waals surface area contributed by atoms with Crippen molar-refractivity contribution >= 4 is 17.6 Å². The first-order valence-corrected chi connectivity index (χ1v) is 12.6. The molecule has 210 valence electrons. The highest BCUT2D eigenvalue weighted by Crippen LogP contribution is 2.28. The quantitative estimate of drug-likeness (QED) is 0.302. The standard InChI is InChI=1S/C26H23N7O8/c1-11(2)20-22(36)27-5-19-28-14(7-37-19)23-30-16(9-39-23)25-32-17(10-41-25)26-31-15(8-40-26)24-29-13(6-38-24)18(34)4-12(3)21(35)33-20/h6-12,20H,4-5H2,1-3H3,(H,27,36)(H,33,35). The van der Waals surface area contributed by atoms with Gasteiger partial charge in [-0.2, -0.15) is 0 Å². The molecular weight excluding hydrogens is 538 g/mol. The summed E-state index contributed by atoms with van der Waals surface area (Å²) in [5.74, 6) is -1.67. The first-order valence-electron chi connectivity index (χ1n) is 12.6. The topological polar surface area (TPSA) is 205 Å². The van der Waals surface area contributed by atoms with Gasteiger partial charge in [0.05, 0.1) is 6.54 Å². The van der Waals surface area contributed by atoms with Gasteiger partial charge in [0.2, 0.25) is 41.3 Å². The lowest BCUT2D eigenvalue weighted by molar-refractivity contribution is -0.131. The first-order chi connectivity index (χ1) is 19.7. The zero-order valence-electron chi connectivity index (χ0n) is 22.0. The molecule has 6 heterocycles. The molecule has 0 saturated carbocycles. The van der Waals surface area contributed by atoms with Gasteiger partial charge in [-0.1, -0.05) is 20.8 Å². The number of nitrogens with one attached hydrogen (secondary N) is 2. The molecule has 15 nitrogen and oxygen atoms in total. The molecule has 0 aromatic carbocycles. The molecule has 2 unspecified atom stereocenters. The second-order valence-electron chi connectivity index (χ2n) is 9.75. The average molecular weight is 562 g/mol. The Bertz CT molecular complexity index is 1740. The highest BCUT2D eigenvalue weighted by Gasteiger charge is 2.29. The first kappa shape index (κ1) is 25.9. The Kier molecular flexibility index (Phi) is 6.53. The summed E-state index contributed by atoms with van der Waals surface area (Å²) in [5, 5.41) is 5.45. The number of aromatic nitrogens is 5. The van der Waals surface area contributed by atoms with Crippen LogP contribution in [0.15, 0.2) is 53.4 Å². The number of carbonyl (C=O) groups excluding carboxylic acids is 3. The van der Waals surface area contributed by atoms with Crippen molar-refractivity contribution in [1.29, 1.82) is 0 Å². The summed E-state index contributed by atoms with van der Waals surface area (Å²) in [7, 11) is 0. The van der Waals surface area contributed by atoms with Gasteiger partial charge >= 0.3 is 0 Å². The van der Waals surface area contributed by atoms with Crippen LogP contribution in [0.3, 0.4) is 0 Å². The Balaban J connectivity index is 1.33. The summed E-state index contributed by atoms with van der Waals surface area (Å²) in [6, 6.07) is -0.861. The van der Waals surface area contributed by atoms with Crippen LogP contribution in [0.1, 0.15) is 43.6 Å². The van der Waals surface area contributed by atoms with Crippen molar-refractivity contribution in [3.63, 3.8) is 0 Å². The molecule has 41 heavy (non-hydrogen) atoms. The maximum absolute atomic E-state index is 12.9. The van der Waals surface area contributed by atoms with Gasteiger partial charge in [0.1, 0.15) is 43.1 Å². The van der Waals surface area contributed by atoms with E-state index in [1.54, 1.807) is 20.8 Å². The van der Waals surface area contributed by atoms with Gasteiger partial charge in [-0.25, -0.2) is 24.9 Å². The maximum Gasteiger partial charge on any atom is 0.249 e. The Morgan fingerprint density at radius 3 is 1.68 bits per heavy atom. The third-order valence-electron chi connectivity index (χ3n) is 6.33. The molecular formula is C26H23N7O8. The van der Waals surface area contributed by atoms with Crippen molar-refractivity contribution in [2.24, 2.45) is 11.8 Å². The molecule has 15 heteroatoms. The van der Waals surface area contributed by atoms with E-state index in [4.69, 9.17) is 22.1 Å². The van der Waals surface area contributed by atoms with Crippen LogP contribution in [0.5, 0.6) is 0 Å². The van der Waals surface area contributed by atoms with Crippen molar-refractivity contribution in [2.45, 2.75) is 39.8 Å². The Morgan fingerprint density at radius 1 is 0.683 bits per heavy atom. The molecule has 1 aliphatic rings. The number of nitrogens with zero attached hydrogens (tertiary/aromatic N) is 5.